The fourth-order valence-corrected chi connectivity index (χ4v) is 7.99. The highest BCUT2D eigenvalue weighted by molar-refractivity contribution is 7.92. The van der Waals surface area contributed by atoms with Gasteiger partial charge in [0.25, 0.3) is 5.91 Å². The molecule has 214 valence electrons. The van der Waals surface area contributed by atoms with Gasteiger partial charge in [0.15, 0.2) is 14.6 Å². The summed E-state index contributed by atoms with van der Waals surface area (Å²) < 4.78 is 37.6. The summed E-state index contributed by atoms with van der Waals surface area (Å²) in [5, 5.41) is 2.83. The van der Waals surface area contributed by atoms with E-state index >= 15 is 0 Å². The first kappa shape index (κ1) is 29.6. The van der Waals surface area contributed by atoms with Crippen LogP contribution in [0.1, 0.15) is 51.4 Å². The van der Waals surface area contributed by atoms with E-state index in [1.54, 1.807) is 36.7 Å². The molecule has 2 amide bonds. The van der Waals surface area contributed by atoms with Crippen LogP contribution in [0.25, 0.3) is 10.2 Å². The van der Waals surface area contributed by atoms with Crippen molar-refractivity contribution in [3.05, 3.63) is 44.6 Å². The van der Waals surface area contributed by atoms with E-state index in [9.17, 15) is 27.6 Å². The average Bonchev–Trinajstić information content (AvgIpc) is 3.38. The highest BCUT2D eigenvalue weighted by Gasteiger charge is 2.30. The number of anilines is 1. The second kappa shape index (κ2) is 12.0. The fourth-order valence-electron chi connectivity index (χ4n) is 4.48. The predicted octanol–water partition coefficient (Wildman–Crippen LogP) is 2.87. The molecule has 0 fully saturated rings. The molecule has 0 saturated carbocycles. The van der Waals surface area contributed by atoms with Crippen LogP contribution in [0.4, 0.5) is 5.00 Å². The van der Waals surface area contributed by atoms with Crippen LogP contribution < -0.4 is 10.1 Å². The highest BCUT2D eigenvalue weighted by atomic mass is 32.2. The minimum atomic E-state index is -4.17. The molecule has 1 unspecified atom stereocenters. The Kier molecular flexibility index (Phi) is 8.90. The number of esters is 2. The Hall–Kier alpha value is -3.36. The molecule has 1 aliphatic rings. The van der Waals surface area contributed by atoms with Crippen LogP contribution >= 0.6 is 22.7 Å². The van der Waals surface area contributed by atoms with E-state index in [1.165, 1.54) is 18.4 Å². The first-order valence-corrected chi connectivity index (χ1v) is 15.9. The van der Waals surface area contributed by atoms with Crippen molar-refractivity contribution in [2.75, 3.05) is 30.5 Å². The molecule has 2 aromatic heterocycles. The number of hydrogen-bond donors (Lipinski definition) is 1. The van der Waals surface area contributed by atoms with Gasteiger partial charge in [0.05, 0.1) is 35.1 Å². The number of hydrogen-bond acceptors (Lipinski definition) is 10. The number of ether oxygens (including phenoxy) is 2. The smallest absolute Gasteiger partial charge is 0.341 e. The number of aryl methyl sites for hydroxylation is 1. The standard InChI is InChI=1S/C26H29N3O8S3/c1-5-37-25(33)22-16-8-6-14(2)10-18(16)38-23(22)27-20(30)12-40(34,35)13-21(31)28-26-29(3)17-9-7-15(24(32)36-4)11-19(17)39-26/h7,9,11,14H,5-6,8,10,12-13H2,1-4H3,(H,27,30). The number of fused-ring (bicyclic) bond motifs is 2. The Labute approximate surface area is 238 Å². The molecule has 1 aliphatic carbocycles. The van der Waals surface area contributed by atoms with Gasteiger partial charge in [0.1, 0.15) is 16.5 Å². The lowest BCUT2D eigenvalue weighted by Crippen LogP contribution is -2.28. The third-order valence-electron chi connectivity index (χ3n) is 6.39. The minimum absolute atomic E-state index is 0.164. The van der Waals surface area contributed by atoms with E-state index in [1.807, 2.05) is 0 Å². The van der Waals surface area contributed by atoms with Crippen LogP contribution in [0.3, 0.4) is 0 Å². The third kappa shape index (κ3) is 6.50. The molecule has 11 nitrogen and oxygen atoms in total. The number of sulfone groups is 1. The SMILES string of the molecule is CCOC(=O)c1c(NC(=O)CS(=O)(=O)CC(=O)N=c2sc3cc(C(=O)OC)ccc3n2C)sc2c1CCC(C)C2. The van der Waals surface area contributed by atoms with E-state index in [-0.39, 0.29) is 22.0 Å². The number of carbonyl (C=O) groups excluding carboxylic acids is 4. The normalized spacial score (nSPS) is 15.5. The lowest BCUT2D eigenvalue weighted by molar-refractivity contribution is -0.115. The van der Waals surface area contributed by atoms with Crippen molar-refractivity contribution < 1.29 is 37.1 Å². The molecule has 1 N–H and O–H groups in total. The molecule has 0 saturated heterocycles. The zero-order chi connectivity index (χ0) is 29.2. The molecular weight excluding hydrogens is 579 g/mol. The lowest BCUT2D eigenvalue weighted by Gasteiger charge is -2.18. The van der Waals surface area contributed by atoms with E-state index in [2.05, 4.69) is 17.2 Å². The van der Waals surface area contributed by atoms with Crippen molar-refractivity contribution in [2.45, 2.75) is 33.1 Å². The molecule has 4 rings (SSSR count). The average molecular weight is 608 g/mol. The largest absolute Gasteiger partial charge is 0.465 e. The molecule has 0 bridgehead atoms. The first-order chi connectivity index (χ1) is 18.9. The van der Waals surface area contributed by atoms with Crippen molar-refractivity contribution in [3.8, 4) is 0 Å². The maximum Gasteiger partial charge on any atom is 0.341 e. The van der Waals surface area contributed by atoms with Crippen LogP contribution in [0, 0.1) is 5.92 Å². The van der Waals surface area contributed by atoms with Crippen molar-refractivity contribution in [3.63, 3.8) is 0 Å². The monoisotopic (exact) mass is 607 g/mol. The summed E-state index contributed by atoms with van der Waals surface area (Å²) in [5.74, 6) is -4.34. The number of thiazole rings is 1. The molecular formula is C26H29N3O8S3. The van der Waals surface area contributed by atoms with Crippen LogP contribution in [0.5, 0.6) is 0 Å². The number of nitrogens with zero attached hydrogens (tertiary/aromatic N) is 2. The summed E-state index contributed by atoms with van der Waals surface area (Å²) in [7, 11) is -1.24. The van der Waals surface area contributed by atoms with Crippen molar-refractivity contribution in [1.82, 2.24) is 4.57 Å². The molecule has 1 aromatic carbocycles. The van der Waals surface area contributed by atoms with Gasteiger partial charge in [-0.3, -0.25) is 9.59 Å². The van der Waals surface area contributed by atoms with Gasteiger partial charge in [-0.25, -0.2) is 18.0 Å². The molecule has 1 atom stereocenters. The summed E-state index contributed by atoms with van der Waals surface area (Å²) in [6, 6.07) is 4.85. The van der Waals surface area contributed by atoms with Gasteiger partial charge in [-0.05, 0) is 55.9 Å². The number of carbonyl (C=O) groups is 4. The molecule has 3 aromatic rings. The van der Waals surface area contributed by atoms with Gasteiger partial charge in [-0.2, -0.15) is 4.99 Å². The van der Waals surface area contributed by atoms with E-state index < -0.39 is 45.1 Å². The Morgan fingerprint density at radius 3 is 2.60 bits per heavy atom. The highest BCUT2D eigenvalue weighted by Crippen LogP contribution is 2.40. The second-order valence-corrected chi connectivity index (χ2v) is 13.7. The van der Waals surface area contributed by atoms with E-state index in [4.69, 9.17) is 9.47 Å². The molecule has 14 heteroatoms. The Morgan fingerprint density at radius 2 is 1.90 bits per heavy atom. The van der Waals surface area contributed by atoms with E-state index in [0.717, 1.165) is 34.6 Å². The van der Waals surface area contributed by atoms with Gasteiger partial charge < -0.3 is 19.4 Å². The van der Waals surface area contributed by atoms with Gasteiger partial charge in [-0.15, -0.1) is 11.3 Å². The zero-order valence-electron chi connectivity index (χ0n) is 22.4. The quantitative estimate of drug-likeness (QED) is 0.384. The molecule has 0 radical (unpaired) electrons. The zero-order valence-corrected chi connectivity index (χ0v) is 24.9. The van der Waals surface area contributed by atoms with Crippen LogP contribution in [0.2, 0.25) is 0 Å². The minimum Gasteiger partial charge on any atom is -0.465 e. The van der Waals surface area contributed by atoms with Crippen molar-refractivity contribution >= 4 is 71.5 Å². The molecule has 40 heavy (non-hydrogen) atoms. The summed E-state index contributed by atoms with van der Waals surface area (Å²) in [6.45, 7) is 3.96. The number of amides is 2. The fraction of sp³-hybridized carbons (Fsp3) is 0.423. The van der Waals surface area contributed by atoms with Gasteiger partial charge >= 0.3 is 11.9 Å². The molecule has 0 spiro atoms. The molecule has 0 aliphatic heterocycles. The van der Waals surface area contributed by atoms with E-state index in [0.29, 0.717) is 28.1 Å². The number of methoxy groups -OCH3 is 1. The number of nitrogens with one attached hydrogen (secondary N) is 1. The molecule has 2 heterocycles. The predicted molar refractivity (Wildman–Crippen MR) is 151 cm³/mol. The Bertz CT molecular complexity index is 1680. The number of rotatable bonds is 8. The van der Waals surface area contributed by atoms with Crippen molar-refractivity contribution in [1.29, 1.82) is 0 Å². The summed E-state index contributed by atoms with van der Waals surface area (Å²) in [4.78, 5) is 54.9. The Balaban J connectivity index is 1.49. The van der Waals surface area contributed by atoms with Crippen molar-refractivity contribution in [2.24, 2.45) is 18.0 Å². The van der Waals surface area contributed by atoms with Gasteiger partial charge in [0, 0.05) is 11.9 Å². The lowest BCUT2D eigenvalue weighted by atomic mass is 9.88. The summed E-state index contributed by atoms with van der Waals surface area (Å²) in [6.07, 6.45) is 2.33. The summed E-state index contributed by atoms with van der Waals surface area (Å²) >= 11 is 2.36. The van der Waals surface area contributed by atoms with Gasteiger partial charge in [-0.1, -0.05) is 18.3 Å². The number of aromatic nitrogens is 1. The maximum absolute atomic E-state index is 12.7. The number of benzene rings is 1. The van der Waals surface area contributed by atoms with Crippen LogP contribution in [0.15, 0.2) is 23.2 Å². The third-order valence-corrected chi connectivity index (χ3v) is 10.0. The maximum atomic E-state index is 12.7. The first-order valence-electron chi connectivity index (χ1n) is 12.5. The number of thiophene rings is 1. The Morgan fingerprint density at radius 1 is 1.15 bits per heavy atom. The van der Waals surface area contributed by atoms with Crippen LogP contribution in [-0.4, -0.2) is 62.0 Å². The summed E-state index contributed by atoms with van der Waals surface area (Å²) in [5.41, 5.74) is 2.13. The van der Waals surface area contributed by atoms with Crippen LogP contribution in [-0.2, 0) is 48.8 Å². The topological polar surface area (TPSA) is 150 Å². The van der Waals surface area contributed by atoms with Gasteiger partial charge in [0.2, 0.25) is 5.91 Å². The second-order valence-electron chi connectivity index (χ2n) is 9.48.